The molecule has 4 amide bonds. The van der Waals surface area contributed by atoms with Gasteiger partial charge in [0.1, 0.15) is 5.92 Å². The minimum Gasteiger partial charge on any atom is -0.273 e. The van der Waals surface area contributed by atoms with Gasteiger partial charge in [-0.25, -0.2) is 14.6 Å². The van der Waals surface area contributed by atoms with E-state index in [1.807, 2.05) is 72.8 Å². The molecule has 5 nitrogen and oxygen atoms in total. The topological polar surface area (TPSA) is 57.7 Å². The standard InChI is InChI=1S/C29H22N2O3/c32-27-26(25(21-13-5-1-6-14-21)22-15-7-2-8-16-22)28(33)31(24-19-11-4-12-20-24)29(34)30(27)23-17-9-3-10-18-23/h1-20,25-26H. The molecule has 0 unspecified atom stereocenters. The normalized spacial score (nSPS) is 14.7. The SMILES string of the molecule is O=C1C(C(c2ccccc2)c2ccccc2)C(=O)N(c2ccccc2)C(=O)N1c1ccccc1. The number of carbonyl (C=O) groups is 3. The van der Waals surface area contributed by atoms with E-state index < -0.39 is 29.7 Å². The van der Waals surface area contributed by atoms with Crippen molar-refractivity contribution in [1.29, 1.82) is 0 Å². The van der Waals surface area contributed by atoms with Crippen molar-refractivity contribution in [3.63, 3.8) is 0 Å². The molecule has 1 aliphatic heterocycles. The predicted octanol–water partition coefficient (Wildman–Crippen LogP) is 5.63. The monoisotopic (exact) mass is 446 g/mol. The summed E-state index contributed by atoms with van der Waals surface area (Å²) in [5.41, 5.74) is 2.51. The van der Waals surface area contributed by atoms with Gasteiger partial charge in [0.25, 0.3) is 0 Å². The highest BCUT2D eigenvalue weighted by molar-refractivity contribution is 6.36. The number of hydrogen-bond donors (Lipinski definition) is 0. The molecule has 4 aromatic rings. The number of hydrogen-bond acceptors (Lipinski definition) is 3. The zero-order valence-corrected chi connectivity index (χ0v) is 18.3. The smallest absolute Gasteiger partial charge is 0.273 e. The molecule has 0 spiro atoms. The molecule has 5 heteroatoms. The Morgan fingerprint density at radius 2 is 0.794 bits per heavy atom. The summed E-state index contributed by atoms with van der Waals surface area (Å²) in [6.07, 6.45) is 0. The van der Waals surface area contributed by atoms with Gasteiger partial charge in [0.05, 0.1) is 11.4 Å². The second kappa shape index (κ2) is 9.16. The zero-order chi connectivity index (χ0) is 23.5. The minimum absolute atomic E-state index is 0.427. The van der Waals surface area contributed by atoms with E-state index in [1.165, 1.54) is 0 Å². The minimum atomic E-state index is -1.12. The molecule has 0 radical (unpaired) electrons. The fourth-order valence-electron chi connectivity index (χ4n) is 4.49. The first-order valence-corrected chi connectivity index (χ1v) is 11.1. The summed E-state index contributed by atoms with van der Waals surface area (Å²) in [4.78, 5) is 43.8. The molecule has 166 valence electrons. The molecule has 0 bridgehead atoms. The zero-order valence-electron chi connectivity index (χ0n) is 18.3. The van der Waals surface area contributed by atoms with Crippen LogP contribution in [0.15, 0.2) is 121 Å². The van der Waals surface area contributed by atoms with Crippen molar-refractivity contribution >= 4 is 29.2 Å². The number of barbiturate groups is 1. The summed E-state index contributed by atoms with van der Waals surface area (Å²) >= 11 is 0. The average molecular weight is 447 g/mol. The number of anilines is 2. The fraction of sp³-hybridized carbons (Fsp3) is 0.0690. The van der Waals surface area contributed by atoms with Gasteiger partial charge in [-0.1, -0.05) is 97.1 Å². The van der Waals surface area contributed by atoms with Gasteiger partial charge in [0.2, 0.25) is 11.8 Å². The van der Waals surface area contributed by atoms with Gasteiger partial charge in [-0.2, -0.15) is 0 Å². The summed E-state index contributed by atoms with van der Waals surface area (Å²) in [6.45, 7) is 0. The van der Waals surface area contributed by atoms with Crippen molar-refractivity contribution < 1.29 is 14.4 Å². The first kappa shape index (κ1) is 21.3. The van der Waals surface area contributed by atoms with Gasteiger partial charge >= 0.3 is 6.03 Å². The van der Waals surface area contributed by atoms with Crippen LogP contribution in [0.25, 0.3) is 0 Å². The van der Waals surface area contributed by atoms with Gasteiger partial charge in [-0.3, -0.25) is 9.59 Å². The second-order valence-corrected chi connectivity index (χ2v) is 8.08. The average Bonchev–Trinajstić information content (AvgIpc) is 2.89. The first-order chi connectivity index (χ1) is 16.7. The number of urea groups is 1. The summed E-state index contributed by atoms with van der Waals surface area (Å²) in [5, 5.41) is 0. The third-order valence-electron chi connectivity index (χ3n) is 6.03. The van der Waals surface area contributed by atoms with Crippen LogP contribution in [0.4, 0.5) is 16.2 Å². The molecule has 34 heavy (non-hydrogen) atoms. The highest BCUT2D eigenvalue weighted by atomic mass is 16.2. The van der Waals surface area contributed by atoms with Crippen molar-refractivity contribution in [3.05, 3.63) is 132 Å². The van der Waals surface area contributed by atoms with Gasteiger partial charge in [0, 0.05) is 5.92 Å². The molecule has 0 aliphatic carbocycles. The maximum absolute atomic E-state index is 14.0. The Balaban J connectivity index is 1.71. The van der Waals surface area contributed by atoms with E-state index in [2.05, 4.69) is 0 Å². The number of amides is 4. The van der Waals surface area contributed by atoms with E-state index in [1.54, 1.807) is 48.5 Å². The van der Waals surface area contributed by atoms with Crippen molar-refractivity contribution in [2.45, 2.75) is 5.92 Å². The Hall–Kier alpha value is -4.51. The molecule has 0 aromatic heterocycles. The Labute approximate surface area is 197 Å². The van der Waals surface area contributed by atoms with Crippen LogP contribution in [0.2, 0.25) is 0 Å². The van der Waals surface area contributed by atoms with Crippen molar-refractivity contribution in [2.75, 3.05) is 9.80 Å². The summed E-state index contributed by atoms with van der Waals surface area (Å²) in [7, 11) is 0. The lowest BCUT2D eigenvalue weighted by atomic mass is 9.78. The van der Waals surface area contributed by atoms with Crippen LogP contribution >= 0.6 is 0 Å². The van der Waals surface area contributed by atoms with Gasteiger partial charge < -0.3 is 0 Å². The third-order valence-corrected chi connectivity index (χ3v) is 6.03. The Bertz CT molecular complexity index is 1210. The second-order valence-electron chi connectivity index (χ2n) is 8.08. The van der Waals surface area contributed by atoms with Crippen molar-refractivity contribution in [2.24, 2.45) is 5.92 Å². The molecular formula is C29H22N2O3. The first-order valence-electron chi connectivity index (χ1n) is 11.1. The number of carbonyl (C=O) groups excluding carboxylic acids is 3. The molecule has 4 aromatic carbocycles. The van der Waals surface area contributed by atoms with E-state index in [-0.39, 0.29) is 0 Å². The van der Waals surface area contributed by atoms with Gasteiger partial charge in [-0.15, -0.1) is 0 Å². The Morgan fingerprint density at radius 1 is 0.471 bits per heavy atom. The molecule has 1 heterocycles. The lowest BCUT2D eigenvalue weighted by molar-refractivity contribution is -0.133. The van der Waals surface area contributed by atoms with Crippen LogP contribution in [0, 0.1) is 5.92 Å². The summed E-state index contributed by atoms with van der Waals surface area (Å²) in [5.74, 6) is -2.76. The predicted molar refractivity (Wildman–Crippen MR) is 131 cm³/mol. The molecule has 0 saturated carbocycles. The van der Waals surface area contributed by atoms with Crippen LogP contribution in [0.1, 0.15) is 17.0 Å². The quantitative estimate of drug-likeness (QED) is 0.373. The molecule has 1 saturated heterocycles. The van der Waals surface area contributed by atoms with Crippen LogP contribution in [0.5, 0.6) is 0 Å². The molecular weight excluding hydrogens is 424 g/mol. The third kappa shape index (κ3) is 3.77. The number of nitrogens with zero attached hydrogens (tertiary/aromatic N) is 2. The van der Waals surface area contributed by atoms with Crippen molar-refractivity contribution in [1.82, 2.24) is 0 Å². The fourth-order valence-corrected chi connectivity index (χ4v) is 4.49. The lowest BCUT2D eigenvalue weighted by Gasteiger charge is -2.39. The van der Waals surface area contributed by atoms with Crippen LogP contribution in [-0.2, 0) is 9.59 Å². The Morgan fingerprint density at radius 3 is 1.15 bits per heavy atom. The molecule has 1 fully saturated rings. The number of imide groups is 2. The number of rotatable bonds is 5. The molecule has 1 aliphatic rings. The van der Waals surface area contributed by atoms with E-state index in [0.29, 0.717) is 11.4 Å². The number of para-hydroxylation sites is 2. The van der Waals surface area contributed by atoms with E-state index in [0.717, 1.165) is 20.9 Å². The highest BCUT2D eigenvalue weighted by Crippen LogP contribution is 2.39. The van der Waals surface area contributed by atoms with Gasteiger partial charge in [0.15, 0.2) is 0 Å². The van der Waals surface area contributed by atoms with Gasteiger partial charge in [-0.05, 0) is 35.4 Å². The summed E-state index contributed by atoms with van der Waals surface area (Å²) in [6, 6.07) is 35.8. The summed E-state index contributed by atoms with van der Waals surface area (Å²) < 4.78 is 0. The highest BCUT2D eigenvalue weighted by Gasteiger charge is 2.51. The molecule has 5 rings (SSSR count). The van der Waals surface area contributed by atoms with E-state index in [9.17, 15) is 14.4 Å². The van der Waals surface area contributed by atoms with E-state index in [4.69, 9.17) is 0 Å². The maximum Gasteiger partial charge on any atom is 0.342 e. The van der Waals surface area contributed by atoms with Crippen LogP contribution in [-0.4, -0.2) is 17.8 Å². The van der Waals surface area contributed by atoms with Crippen molar-refractivity contribution in [3.8, 4) is 0 Å². The lowest BCUT2D eigenvalue weighted by Crippen LogP contribution is -2.61. The largest absolute Gasteiger partial charge is 0.342 e. The number of benzene rings is 4. The molecule has 0 N–H and O–H groups in total. The van der Waals surface area contributed by atoms with Crippen LogP contribution < -0.4 is 9.80 Å². The maximum atomic E-state index is 14.0. The van der Waals surface area contributed by atoms with E-state index >= 15 is 0 Å². The van der Waals surface area contributed by atoms with Crippen LogP contribution in [0.3, 0.4) is 0 Å². The molecule has 0 atom stereocenters. The Kier molecular flexibility index (Phi) is 5.75.